The Morgan fingerprint density at radius 3 is 1.30 bits per heavy atom. The maximum absolute atomic E-state index is 10.9. The molecule has 0 rings (SSSR count). The van der Waals surface area contributed by atoms with E-state index in [1.54, 1.807) is 13.8 Å². The molecule has 0 heterocycles. The van der Waals surface area contributed by atoms with Crippen LogP contribution in [0.2, 0.25) is 0 Å². The first-order chi connectivity index (χ1) is 12.9. The molecule has 10 nitrogen and oxygen atoms in total. The van der Waals surface area contributed by atoms with Crippen molar-refractivity contribution in [1.29, 1.82) is 0 Å². The Kier molecular flexibility index (Phi) is 24.1. The van der Waals surface area contributed by atoms with Crippen LogP contribution in [0, 0.1) is 23.7 Å². The van der Waals surface area contributed by atoms with Gasteiger partial charge in [0.2, 0.25) is 0 Å². The van der Waals surface area contributed by atoms with E-state index in [-0.39, 0.29) is 59.1 Å². The first-order valence-corrected chi connectivity index (χ1v) is 8.83. The van der Waals surface area contributed by atoms with Gasteiger partial charge in [-0.3, -0.25) is 9.59 Å². The van der Waals surface area contributed by atoms with E-state index in [9.17, 15) is 29.4 Å². The minimum Gasteiger partial charge on any atom is -0.550 e. The molecule has 0 aromatic heterocycles. The minimum atomic E-state index is -1.42. The van der Waals surface area contributed by atoms with Crippen LogP contribution >= 0.6 is 0 Å². The van der Waals surface area contributed by atoms with E-state index in [1.165, 1.54) is 28.1 Å². The van der Waals surface area contributed by atoms with Crippen LogP contribution in [0.1, 0.15) is 40.5 Å². The number of aliphatic carboxylic acids is 4. The van der Waals surface area contributed by atoms with Crippen LogP contribution in [0.3, 0.4) is 0 Å². The minimum absolute atomic E-state index is 0. The summed E-state index contributed by atoms with van der Waals surface area (Å²) < 4.78 is 9.83. The van der Waals surface area contributed by atoms with Gasteiger partial charge in [-0.05, 0) is 12.8 Å². The fourth-order valence-corrected chi connectivity index (χ4v) is 2.81. The molecule has 0 aliphatic rings. The van der Waals surface area contributed by atoms with Gasteiger partial charge in [-0.1, -0.05) is 27.7 Å². The van der Waals surface area contributed by atoms with E-state index in [0.717, 1.165) is 0 Å². The standard InChI is InChI=1S/2C9H16O5.2Na/c2*1-4-6(14-3)7(9(12)13)5(2)8(10)11;;/h2*5-7H,4H2,1-3H3,(H,10,11)(H,12,13);;/q;;2*+1/p-2. The van der Waals surface area contributed by atoms with E-state index < -0.39 is 59.8 Å². The molecule has 0 radical (unpaired) electrons. The molecule has 6 unspecified atom stereocenters. The molecule has 0 aromatic carbocycles. The van der Waals surface area contributed by atoms with Gasteiger partial charge in [0.05, 0.1) is 24.0 Å². The average molecular weight is 452 g/mol. The van der Waals surface area contributed by atoms with Gasteiger partial charge in [-0.2, -0.15) is 0 Å². The van der Waals surface area contributed by atoms with E-state index in [0.29, 0.717) is 12.8 Å². The van der Waals surface area contributed by atoms with Crippen LogP contribution in [-0.4, -0.2) is 60.5 Å². The molecule has 30 heavy (non-hydrogen) atoms. The maximum Gasteiger partial charge on any atom is 1.00 e. The predicted molar refractivity (Wildman–Crippen MR) is 92.8 cm³/mol. The van der Waals surface area contributed by atoms with Crippen molar-refractivity contribution >= 4 is 23.9 Å². The van der Waals surface area contributed by atoms with Crippen LogP contribution in [0.5, 0.6) is 0 Å². The van der Waals surface area contributed by atoms with Crippen LogP contribution in [0.4, 0.5) is 0 Å². The summed E-state index contributed by atoms with van der Waals surface area (Å²) in [6.07, 6.45) is -0.329. The zero-order valence-electron chi connectivity index (χ0n) is 19.0. The fraction of sp³-hybridized carbons (Fsp3) is 0.778. The molecule has 0 bridgehead atoms. The maximum atomic E-state index is 10.9. The van der Waals surface area contributed by atoms with E-state index in [1.807, 2.05) is 0 Å². The number of hydrogen-bond donors (Lipinski definition) is 2. The summed E-state index contributed by atoms with van der Waals surface area (Å²) in [5.74, 6) is -9.31. The molecule has 0 fully saturated rings. The summed E-state index contributed by atoms with van der Waals surface area (Å²) in [7, 11) is 2.73. The zero-order valence-corrected chi connectivity index (χ0v) is 23.0. The topological polar surface area (TPSA) is 173 Å². The normalized spacial score (nSPS) is 15.9. The summed E-state index contributed by atoms with van der Waals surface area (Å²) in [5, 5.41) is 38.9. The Balaban J connectivity index is -0.000000211. The largest absolute Gasteiger partial charge is 1.00 e. The van der Waals surface area contributed by atoms with E-state index in [2.05, 4.69) is 0 Å². The number of methoxy groups -OCH3 is 2. The number of carbonyl (C=O) groups excluding carboxylic acids is 2. The molecule has 0 aromatic rings. The second kappa shape index (κ2) is 19.5. The summed E-state index contributed by atoms with van der Waals surface area (Å²) in [4.78, 5) is 42.8. The van der Waals surface area contributed by atoms with Crippen molar-refractivity contribution in [1.82, 2.24) is 0 Å². The van der Waals surface area contributed by atoms with E-state index >= 15 is 0 Å². The van der Waals surface area contributed by atoms with Crippen molar-refractivity contribution in [3.05, 3.63) is 0 Å². The monoisotopic (exact) mass is 452 g/mol. The van der Waals surface area contributed by atoms with Crippen molar-refractivity contribution < 1.29 is 108 Å². The number of carboxylic acids is 4. The first-order valence-electron chi connectivity index (χ1n) is 8.83. The third-order valence-electron chi connectivity index (χ3n) is 4.61. The number of hydrogen-bond acceptors (Lipinski definition) is 8. The molecule has 2 N–H and O–H groups in total. The third kappa shape index (κ3) is 12.6. The van der Waals surface area contributed by atoms with Gasteiger partial charge in [0.25, 0.3) is 0 Å². The van der Waals surface area contributed by atoms with Gasteiger partial charge < -0.3 is 39.5 Å². The molecule has 0 aliphatic heterocycles. The molecule has 0 amide bonds. The number of rotatable bonds is 12. The summed E-state index contributed by atoms with van der Waals surface area (Å²) in [6, 6.07) is 0. The van der Waals surface area contributed by atoms with Crippen molar-refractivity contribution in [2.45, 2.75) is 52.7 Å². The van der Waals surface area contributed by atoms with Gasteiger partial charge in [-0.25, -0.2) is 0 Å². The van der Waals surface area contributed by atoms with Crippen molar-refractivity contribution in [2.75, 3.05) is 14.2 Å². The summed E-state index contributed by atoms with van der Waals surface area (Å²) in [5.41, 5.74) is 0. The van der Waals surface area contributed by atoms with Crippen molar-refractivity contribution in [3.8, 4) is 0 Å². The molecule has 0 aliphatic carbocycles. The van der Waals surface area contributed by atoms with Gasteiger partial charge in [0.1, 0.15) is 0 Å². The molecule has 12 heteroatoms. The number of ether oxygens (including phenoxy) is 2. The predicted octanol–water partition coefficient (Wildman–Crippen LogP) is -7.00. The molecule has 0 spiro atoms. The zero-order chi connectivity index (χ0) is 22.6. The Bertz CT molecular complexity index is 475. The molecular weight excluding hydrogens is 422 g/mol. The van der Waals surface area contributed by atoms with Gasteiger partial charge in [-0.15, -0.1) is 0 Å². The van der Waals surface area contributed by atoms with Gasteiger partial charge in [0, 0.05) is 38.0 Å². The Hall–Kier alpha value is -0.200. The molecule has 6 atom stereocenters. The second-order valence-electron chi connectivity index (χ2n) is 6.31. The molecule has 0 saturated carbocycles. The first kappa shape index (κ1) is 37.1. The summed E-state index contributed by atoms with van der Waals surface area (Å²) >= 11 is 0. The number of carboxylic acid groups (broad SMARTS) is 4. The SMILES string of the molecule is CCC(OC)C(C(=O)O)C(C)C(=O)O.CCC(OC)C(C(=O)[O-])C(C)C(=O)[O-].[Na+].[Na+]. The molecule has 164 valence electrons. The smallest absolute Gasteiger partial charge is 0.550 e. The fourth-order valence-electron chi connectivity index (χ4n) is 2.81. The summed E-state index contributed by atoms with van der Waals surface area (Å²) in [6.45, 7) is 6.13. The van der Waals surface area contributed by atoms with E-state index in [4.69, 9.17) is 19.7 Å². The van der Waals surface area contributed by atoms with Crippen molar-refractivity contribution in [2.24, 2.45) is 23.7 Å². The van der Waals surface area contributed by atoms with Crippen LogP contribution in [0.25, 0.3) is 0 Å². The van der Waals surface area contributed by atoms with Gasteiger partial charge in [0.15, 0.2) is 0 Å². The average Bonchev–Trinajstić information content (AvgIpc) is 2.62. The van der Waals surface area contributed by atoms with Crippen LogP contribution in [-0.2, 0) is 28.7 Å². The van der Waals surface area contributed by atoms with Crippen molar-refractivity contribution in [3.63, 3.8) is 0 Å². The van der Waals surface area contributed by atoms with Crippen LogP contribution < -0.4 is 69.3 Å². The Labute approximate surface area is 221 Å². The number of carbonyl (C=O) groups is 4. The third-order valence-corrected chi connectivity index (χ3v) is 4.61. The quantitative estimate of drug-likeness (QED) is 0.271. The Morgan fingerprint density at radius 1 is 0.733 bits per heavy atom. The molecule has 0 saturated heterocycles. The van der Waals surface area contributed by atoms with Gasteiger partial charge >= 0.3 is 71.1 Å². The van der Waals surface area contributed by atoms with Crippen LogP contribution in [0.15, 0.2) is 0 Å². The Morgan fingerprint density at radius 2 is 1.10 bits per heavy atom. The molecular formula is C18H30Na2O10. The second-order valence-corrected chi connectivity index (χ2v) is 6.31.